The van der Waals surface area contributed by atoms with E-state index in [2.05, 4.69) is 191 Å². The molecule has 0 saturated heterocycles. The topological polar surface area (TPSA) is 9.86 Å². The Morgan fingerprint density at radius 2 is 0.980 bits per heavy atom. The Bertz CT molecular complexity index is 3140. The van der Waals surface area contributed by atoms with Crippen molar-refractivity contribution in [1.82, 2.24) is 9.13 Å². The second-order valence-corrected chi connectivity index (χ2v) is 14.4. The highest BCUT2D eigenvalue weighted by molar-refractivity contribution is 7.25. The first kappa shape index (κ1) is 28.4. The minimum atomic E-state index is 1.17. The molecular weight excluding hydrogens is 637 g/mol. The highest BCUT2D eigenvalue weighted by Crippen LogP contribution is 2.44. The van der Waals surface area contributed by atoms with Gasteiger partial charge in [0.25, 0.3) is 0 Å². The highest BCUT2D eigenvalue weighted by Gasteiger charge is 2.22. The first-order chi connectivity index (χ1) is 25.3. The summed E-state index contributed by atoms with van der Waals surface area (Å²) in [6, 6.07) is 66.6. The van der Waals surface area contributed by atoms with Crippen molar-refractivity contribution in [2.45, 2.75) is 0 Å². The Balaban J connectivity index is 1.18. The van der Waals surface area contributed by atoms with Crippen LogP contribution in [0.5, 0.6) is 0 Å². The highest BCUT2D eigenvalue weighted by atomic mass is 32.1. The van der Waals surface area contributed by atoms with Crippen molar-refractivity contribution < 1.29 is 0 Å². The number of rotatable bonds is 4. The van der Waals surface area contributed by atoms with Crippen LogP contribution in [0.4, 0.5) is 0 Å². The van der Waals surface area contributed by atoms with Crippen LogP contribution in [0.1, 0.15) is 0 Å². The van der Waals surface area contributed by atoms with E-state index < -0.39 is 0 Å². The molecule has 0 radical (unpaired) electrons. The SMILES string of the molecule is c1ccc(-n2c3ccccc3c3ccc4c(c5ccccc5n4-c4ccccc4-c4cccc(-c5cccc6sc7ccccc7c56)c4)c32)cc1. The molecular formula is C48H30N2S. The van der Waals surface area contributed by atoms with E-state index in [4.69, 9.17) is 0 Å². The lowest BCUT2D eigenvalue weighted by Gasteiger charge is -2.15. The maximum Gasteiger partial charge on any atom is 0.0641 e. The fourth-order valence-corrected chi connectivity index (χ4v) is 9.53. The number of benzene rings is 8. The van der Waals surface area contributed by atoms with Crippen LogP contribution in [0.2, 0.25) is 0 Å². The van der Waals surface area contributed by atoms with E-state index in [-0.39, 0.29) is 0 Å². The Kier molecular flexibility index (Phi) is 6.16. The molecule has 238 valence electrons. The maximum absolute atomic E-state index is 2.48. The smallest absolute Gasteiger partial charge is 0.0641 e. The summed E-state index contributed by atoms with van der Waals surface area (Å²) in [6.07, 6.45) is 0. The van der Waals surface area contributed by atoms with E-state index in [0.717, 1.165) is 0 Å². The number of nitrogens with zero attached hydrogens (tertiary/aromatic N) is 2. The number of fused-ring (bicyclic) bond motifs is 10. The molecule has 0 N–H and O–H groups in total. The first-order valence-corrected chi connectivity index (χ1v) is 18.3. The minimum Gasteiger partial charge on any atom is -0.309 e. The summed E-state index contributed by atoms with van der Waals surface area (Å²) in [7, 11) is 0. The third kappa shape index (κ3) is 4.16. The zero-order valence-electron chi connectivity index (χ0n) is 27.6. The van der Waals surface area contributed by atoms with Crippen molar-refractivity contribution in [3.8, 4) is 33.6 Å². The van der Waals surface area contributed by atoms with E-state index in [1.54, 1.807) is 0 Å². The molecule has 0 spiro atoms. The molecule has 0 aliphatic heterocycles. The monoisotopic (exact) mass is 666 g/mol. The van der Waals surface area contributed by atoms with Crippen LogP contribution in [0, 0.1) is 0 Å². The Morgan fingerprint density at radius 3 is 1.84 bits per heavy atom. The van der Waals surface area contributed by atoms with Gasteiger partial charge in [0, 0.05) is 53.0 Å². The molecule has 0 bridgehead atoms. The van der Waals surface area contributed by atoms with Gasteiger partial charge in [-0.3, -0.25) is 0 Å². The zero-order valence-corrected chi connectivity index (χ0v) is 28.4. The molecule has 2 nitrogen and oxygen atoms in total. The fourth-order valence-electron chi connectivity index (χ4n) is 8.40. The van der Waals surface area contributed by atoms with Crippen molar-refractivity contribution in [2.75, 3.05) is 0 Å². The lowest BCUT2D eigenvalue weighted by Crippen LogP contribution is -1.97. The molecule has 0 aliphatic carbocycles. The molecule has 3 aromatic heterocycles. The minimum absolute atomic E-state index is 1.17. The van der Waals surface area contributed by atoms with Gasteiger partial charge in [0.1, 0.15) is 0 Å². The summed E-state index contributed by atoms with van der Waals surface area (Å²) in [5.74, 6) is 0. The lowest BCUT2D eigenvalue weighted by molar-refractivity contribution is 1.17. The van der Waals surface area contributed by atoms with Crippen molar-refractivity contribution in [1.29, 1.82) is 0 Å². The molecule has 0 amide bonds. The van der Waals surface area contributed by atoms with Crippen molar-refractivity contribution in [2.24, 2.45) is 0 Å². The summed E-state index contributed by atoms with van der Waals surface area (Å²) >= 11 is 1.87. The van der Waals surface area contributed by atoms with Crippen LogP contribution in [0.3, 0.4) is 0 Å². The van der Waals surface area contributed by atoms with Gasteiger partial charge in [0.15, 0.2) is 0 Å². The van der Waals surface area contributed by atoms with Crippen LogP contribution in [0.25, 0.3) is 97.4 Å². The zero-order chi connectivity index (χ0) is 33.5. The molecule has 3 heterocycles. The number of aromatic nitrogens is 2. The van der Waals surface area contributed by atoms with Crippen LogP contribution >= 0.6 is 11.3 Å². The van der Waals surface area contributed by atoms with E-state index >= 15 is 0 Å². The van der Waals surface area contributed by atoms with Crippen LogP contribution in [-0.4, -0.2) is 9.13 Å². The molecule has 0 atom stereocenters. The third-order valence-electron chi connectivity index (χ3n) is 10.5. The summed E-state index contributed by atoms with van der Waals surface area (Å²) in [4.78, 5) is 0. The van der Waals surface area contributed by atoms with Gasteiger partial charge < -0.3 is 9.13 Å². The lowest BCUT2D eigenvalue weighted by atomic mass is 9.95. The van der Waals surface area contributed by atoms with E-state index in [0.29, 0.717) is 0 Å². The number of hydrogen-bond acceptors (Lipinski definition) is 1. The van der Waals surface area contributed by atoms with Gasteiger partial charge in [-0.1, -0.05) is 127 Å². The number of hydrogen-bond donors (Lipinski definition) is 0. The average Bonchev–Trinajstić information content (AvgIpc) is 3.86. The van der Waals surface area contributed by atoms with Gasteiger partial charge >= 0.3 is 0 Å². The maximum atomic E-state index is 2.48. The third-order valence-corrected chi connectivity index (χ3v) is 11.7. The molecule has 51 heavy (non-hydrogen) atoms. The van der Waals surface area contributed by atoms with E-state index in [1.165, 1.54) is 97.4 Å². The summed E-state index contributed by atoms with van der Waals surface area (Å²) < 4.78 is 7.58. The molecule has 11 aromatic rings. The normalized spacial score (nSPS) is 11.9. The van der Waals surface area contributed by atoms with Gasteiger partial charge in [-0.25, -0.2) is 0 Å². The number of para-hydroxylation sites is 4. The Labute approximate surface area is 298 Å². The van der Waals surface area contributed by atoms with Gasteiger partial charge in [-0.2, -0.15) is 0 Å². The first-order valence-electron chi connectivity index (χ1n) is 17.4. The fraction of sp³-hybridized carbons (Fsp3) is 0. The van der Waals surface area contributed by atoms with Crippen molar-refractivity contribution >= 4 is 75.1 Å². The average molecular weight is 667 g/mol. The predicted octanol–water partition coefficient (Wildman–Crippen LogP) is 13.6. The Morgan fingerprint density at radius 1 is 0.353 bits per heavy atom. The van der Waals surface area contributed by atoms with Crippen LogP contribution < -0.4 is 0 Å². The standard InChI is InChI=1S/C48H30N2S/c1-2-16-33(17-3-1)49-41-24-9-5-19-36(41)37-28-29-43-47(48(37)49)38-20-6-10-25-42(38)50(43)40-23-8-4-18-34(40)31-14-12-15-32(30-31)35-22-13-27-45-46(35)39-21-7-11-26-44(39)51-45/h1-30H. The largest absolute Gasteiger partial charge is 0.309 e. The molecule has 0 saturated carbocycles. The molecule has 0 fully saturated rings. The second-order valence-electron chi connectivity index (χ2n) is 13.3. The molecule has 11 rings (SSSR count). The summed E-state index contributed by atoms with van der Waals surface area (Å²) in [6.45, 7) is 0. The van der Waals surface area contributed by atoms with Gasteiger partial charge in [0.05, 0.1) is 27.8 Å². The van der Waals surface area contributed by atoms with Gasteiger partial charge in [-0.15, -0.1) is 11.3 Å². The van der Waals surface area contributed by atoms with Crippen LogP contribution in [0.15, 0.2) is 182 Å². The molecule has 8 aromatic carbocycles. The predicted molar refractivity (Wildman–Crippen MR) is 219 cm³/mol. The summed E-state index contributed by atoms with van der Waals surface area (Å²) in [5, 5.41) is 7.70. The van der Waals surface area contributed by atoms with E-state index in [1.807, 2.05) is 11.3 Å². The Hall–Kier alpha value is -6.42. The van der Waals surface area contributed by atoms with Gasteiger partial charge in [-0.05, 0) is 71.3 Å². The molecule has 0 unspecified atom stereocenters. The number of thiophene rings is 1. The van der Waals surface area contributed by atoms with E-state index in [9.17, 15) is 0 Å². The summed E-state index contributed by atoms with van der Waals surface area (Å²) in [5.41, 5.74) is 12.1. The quantitative estimate of drug-likeness (QED) is 0.177. The van der Waals surface area contributed by atoms with Gasteiger partial charge in [0.2, 0.25) is 0 Å². The molecule has 0 aliphatic rings. The van der Waals surface area contributed by atoms with Crippen molar-refractivity contribution in [3.63, 3.8) is 0 Å². The second kappa shape index (κ2) is 11.0. The van der Waals surface area contributed by atoms with Crippen LogP contribution in [-0.2, 0) is 0 Å². The van der Waals surface area contributed by atoms with Crippen molar-refractivity contribution in [3.05, 3.63) is 182 Å². The molecule has 3 heteroatoms.